The van der Waals surface area contributed by atoms with Crippen LogP contribution < -0.4 is 0 Å². The fourth-order valence-electron chi connectivity index (χ4n) is 1.24. The van der Waals surface area contributed by atoms with Gasteiger partial charge in [0.15, 0.2) is 5.75 Å². The normalized spacial score (nSPS) is 10.1. The van der Waals surface area contributed by atoms with Gasteiger partial charge < -0.3 is 10.2 Å². The van der Waals surface area contributed by atoms with Gasteiger partial charge in [-0.3, -0.25) is 0 Å². The molecule has 2 rings (SSSR count). The van der Waals surface area contributed by atoms with Crippen molar-refractivity contribution in [1.82, 2.24) is 9.78 Å². The van der Waals surface area contributed by atoms with Crippen molar-refractivity contribution < 1.29 is 15.0 Å². The second-order valence-corrected chi connectivity index (χ2v) is 3.00. The summed E-state index contributed by atoms with van der Waals surface area (Å²) in [6.07, 6.45) is 2.69. The number of carbonyl (C=O) groups is 1. The van der Waals surface area contributed by atoms with Gasteiger partial charge in [0.25, 0.3) is 0 Å². The van der Waals surface area contributed by atoms with E-state index >= 15 is 0 Å². The molecule has 0 spiro atoms. The van der Waals surface area contributed by atoms with Gasteiger partial charge in [0.1, 0.15) is 0 Å². The highest BCUT2D eigenvalue weighted by atomic mass is 16.4. The maximum absolute atomic E-state index is 10.7. The van der Waals surface area contributed by atoms with E-state index < -0.39 is 5.97 Å². The predicted molar refractivity (Wildman–Crippen MR) is 52.2 cm³/mol. The van der Waals surface area contributed by atoms with Crippen LogP contribution in [0, 0.1) is 0 Å². The second kappa shape index (κ2) is 3.45. The largest absolute Gasteiger partial charge is 0.505 e. The van der Waals surface area contributed by atoms with Crippen molar-refractivity contribution in [3.8, 4) is 11.4 Å². The number of hydrogen-bond donors (Lipinski definition) is 2. The van der Waals surface area contributed by atoms with E-state index in [1.165, 1.54) is 29.2 Å². The molecule has 2 N–H and O–H groups in total. The van der Waals surface area contributed by atoms with Crippen molar-refractivity contribution in [3.63, 3.8) is 0 Å². The first kappa shape index (κ1) is 9.26. The lowest BCUT2D eigenvalue weighted by Gasteiger charge is -2.01. The highest BCUT2D eigenvalue weighted by Gasteiger charge is 2.05. The minimum Gasteiger partial charge on any atom is -0.505 e. The molecule has 0 saturated carbocycles. The first-order valence-electron chi connectivity index (χ1n) is 4.24. The van der Waals surface area contributed by atoms with Crippen molar-refractivity contribution in [1.29, 1.82) is 0 Å². The first-order valence-corrected chi connectivity index (χ1v) is 4.24. The second-order valence-electron chi connectivity index (χ2n) is 3.00. The van der Waals surface area contributed by atoms with Gasteiger partial charge >= 0.3 is 5.97 Å². The van der Waals surface area contributed by atoms with Gasteiger partial charge in [-0.2, -0.15) is 5.10 Å². The Labute approximate surface area is 85.2 Å². The van der Waals surface area contributed by atoms with E-state index in [1.807, 2.05) is 0 Å². The molecule has 5 heteroatoms. The molecule has 0 unspecified atom stereocenters. The lowest BCUT2D eigenvalue weighted by atomic mass is 10.2. The van der Waals surface area contributed by atoms with Gasteiger partial charge in [-0.05, 0) is 18.2 Å². The van der Waals surface area contributed by atoms with Crippen LogP contribution in [0.4, 0.5) is 0 Å². The molecule has 1 heterocycles. The summed E-state index contributed by atoms with van der Waals surface area (Å²) in [6.45, 7) is 0. The summed E-state index contributed by atoms with van der Waals surface area (Å²) in [4.78, 5) is 10.7. The number of aromatic carboxylic acids is 1. The van der Waals surface area contributed by atoms with Gasteiger partial charge in [-0.1, -0.05) is 6.07 Å². The molecule has 15 heavy (non-hydrogen) atoms. The van der Waals surface area contributed by atoms with Gasteiger partial charge in [0, 0.05) is 0 Å². The van der Waals surface area contributed by atoms with Crippen molar-refractivity contribution >= 4 is 5.97 Å². The monoisotopic (exact) mass is 204 g/mol. The highest BCUT2D eigenvalue weighted by molar-refractivity contribution is 5.88. The van der Waals surface area contributed by atoms with Gasteiger partial charge in [0.05, 0.1) is 23.6 Å². The van der Waals surface area contributed by atoms with Crippen LogP contribution in [0.2, 0.25) is 0 Å². The molecule has 0 radical (unpaired) electrons. The van der Waals surface area contributed by atoms with Crippen LogP contribution in [0.5, 0.6) is 5.75 Å². The minimum atomic E-state index is -0.992. The predicted octanol–water partition coefficient (Wildman–Crippen LogP) is 1.28. The SMILES string of the molecule is O=C(O)c1cccc(-n2cc(O)cn2)c1. The number of carboxylic acid groups (broad SMARTS) is 1. The summed E-state index contributed by atoms with van der Waals surface area (Å²) < 4.78 is 1.40. The summed E-state index contributed by atoms with van der Waals surface area (Å²) >= 11 is 0. The van der Waals surface area contributed by atoms with Crippen molar-refractivity contribution in [2.45, 2.75) is 0 Å². The average molecular weight is 204 g/mol. The number of benzene rings is 1. The number of carboxylic acids is 1. The van der Waals surface area contributed by atoms with E-state index in [9.17, 15) is 4.79 Å². The average Bonchev–Trinajstić information content (AvgIpc) is 2.65. The standard InChI is InChI=1S/C10H8N2O3/c13-9-5-11-12(6-9)8-3-1-2-7(4-8)10(14)15/h1-6,13H,(H,14,15). The summed E-state index contributed by atoms with van der Waals surface area (Å²) in [6, 6.07) is 6.31. The maximum Gasteiger partial charge on any atom is 0.335 e. The molecule has 76 valence electrons. The summed E-state index contributed by atoms with van der Waals surface area (Å²) in [5.41, 5.74) is 0.776. The van der Waals surface area contributed by atoms with Gasteiger partial charge in [0.2, 0.25) is 0 Å². The Bertz CT molecular complexity index is 505. The van der Waals surface area contributed by atoms with Crippen LogP contribution >= 0.6 is 0 Å². The van der Waals surface area contributed by atoms with Crippen LogP contribution in [0.1, 0.15) is 10.4 Å². The molecule has 0 fully saturated rings. The molecule has 1 aromatic heterocycles. The van der Waals surface area contributed by atoms with Gasteiger partial charge in [-0.25, -0.2) is 9.48 Å². The van der Waals surface area contributed by atoms with Crippen molar-refractivity contribution in [2.24, 2.45) is 0 Å². The number of aromatic hydroxyl groups is 1. The molecule has 2 aromatic rings. The van der Waals surface area contributed by atoms with Crippen LogP contribution in [0.15, 0.2) is 36.7 Å². The quantitative estimate of drug-likeness (QED) is 0.772. The molecule has 0 aliphatic rings. The van der Waals surface area contributed by atoms with E-state index in [0.717, 1.165) is 0 Å². The molecule has 0 amide bonds. The molecular weight excluding hydrogens is 196 g/mol. The zero-order valence-corrected chi connectivity index (χ0v) is 7.66. The van der Waals surface area contributed by atoms with Crippen LogP contribution in [0.25, 0.3) is 5.69 Å². The van der Waals surface area contributed by atoms with E-state index in [2.05, 4.69) is 5.10 Å². The smallest absolute Gasteiger partial charge is 0.335 e. The summed E-state index contributed by atoms with van der Waals surface area (Å²) in [5, 5.41) is 21.7. The Morgan fingerprint density at radius 3 is 2.80 bits per heavy atom. The Morgan fingerprint density at radius 2 is 2.20 bits per heavy atom. The molecule has 0 atom stereocenters. The Balaban J connectivity index is 2.45. The van der Waals surface area contributed by atoms with E-state index in [0.29, 0.717) is 5.69 Å². The Morgan fingerprint density at radius 1 is 1.40 bits per heavy atom. The first-order chi connectivity index (χ1) is 7.16. The van der Waals surface area contributed by atoms with Gasteiger partial charge in [-0.15, -0.1) is 0 Å². The number of aromatic nitrogens is 2. The lowest BCUT2D eigenvalue weighted by molar-refractivity contribution is 0.0697. The summed E-state index contributed by atoms with van der Waals surface area (Å²) in [7, 11) is 0. The van der Waals surface area contributed by atoms with Crippen molar-refractivity contribution in [3.05, 3.63) is 42.2 Å². The number of nitrogens with zero attached hydrogens (tertiary/aromatic N) is 2. The molecule has 1 aromatic carbocycles. The molecule has 0 aliphatic carbocycles. The van der Waals surface area contributed by atoms with Crippen LogP contribution in [-0.2, 0) is 0 Å². The molecule has 5 nitrogen and oxygen atoms in total. The van der Waals surface area contributed by atoms with E-state index in [-0.39, 0.29) is 11.3 Å². The maximum atomic E-state index is 10.7. The van der Waals surface area contributed by atoms with Crippen LogP contribution in [-0.4, -0.2) is 26.0 Å². The third-order valence-corrected chi connectivity index (χ3v) is 1.93. The Hall–Kier alpha value is -2.30. The Kier molecular flexibility index (Phi) is 2.13. The molecule has 0 saturated heterocycles. The molecule has 0 bridgehead atoms. The molecule has 0 aliphatic heterocycles. The van der Waals surface area contributed by atoms with Crippen LogP contribution in [0.3, 0.4) is 0 Å². The lowest BCUT2D eigenvalue weighted by Crippen LogP contribution is -1.99. The van der Waals surface area contributed by atoms with E-state index in [1.54, 1.807) is 12.1 Å². The zero-order chi connectivity index (χ0) is 10.8. The number of hydrogen-bond acceptors (Lipinski definition) is 3. The third-order valence-electron chi connectivity index (χ3n) is 1.93. The van der Waals surface area contributed by atoms with E-state index in [4.69, 9.17) is 10.2 Å². The fraction of sp³-hybridized carbons (Fsp3) is 0. The summed E-state index contributed by atoms with van der Waals surface area (Å²) in [5.74, 6) is -0.955. The third kappa shape index (κ3) is 1.80. The highest BCUT2D eigenvalue weighted by Crippen LogP contribution is 2.13. The van der Waals surface area contributed by atoms with Crippen molar-refractivity contribution in [2.75, 3.05) is 0 Å². The molecular formula is C10H8N2O3. The zero-order valence-electron chi connectivity index (χ0n) is 7.66. The minimum absolute atomic E-state index is 0.0377. The fourth-order valence-corrected chi connectivity index (χ4v) is 1.24. The number of rotatable bonds is 2. The topological polar surface area (TPSA) is 75.3 Å².